The van der Waals surface area contributed by atoms with Crippen LogP contribution in [0.15, 0.2) is 0 Å². The first-order valence-corrected chi connectivity index (χ1v) is 3.97. The van der Waals surface area contributed by atoms with E-state index in [1.54, 1.807) is 7.11 Å². The Morgan fingerprint density at radius 3 is 2.55 bits per heavy atom. The summed E-state index contributed by atoms with van der Waals surface area (Å²) in [5, 5.41) is 0. The molecule has 1 aliphatic rings. The molecule has 0 aliphatic carbocycles. The zero-order chi connectivity index (χ0) is 8.16. The summed E-state index contributed by atoms with van der Waals surface area (Å²) in [4.78, 5) is 0. The molecule has 3 heteroatoms. The molecule has 1 saturated heterocycles. The van der Waals surface area contributed by atoms with Gasteiger partial charge in [0.05, 0.1) is 13.2 Å². The van der Waals surface area contributed by atoms with Crippen LogP contribution in [0.25, 0.3) is 0 Å². The first-order chi connectivity index (χ1) is 5.27. The third-order valence-electron chi connectivity index (χ3n) is 1.76. The van der Waals surface area contributed by atoms with E-state index in [-0.39, 0.29) is 5.60 Å². The van der Waals surface area contributed by atoms with E-state index in [9.17, 15) is 0 Å². The van der Waals surface area contributed by atoms with E-state index in [0.29, 0.717) is 0 Å². The first kappa shape index (κ1) is 8.97. The fourth-order valence-electron chi connectivity index (χ4n) is 0.995. The van der Waals surface area contributed by atoms with Crippen molar-refractivity contribution in [3.05, 3.63) is 0 Å². The summed E-state index contributed by atoms with van der Waals surface area (Å²) >= 11 is 0. The van der Waals surface area contributed by atoms with Crippen LogP contribution in [-0.4, -0.2) is 39.1 Å². The molecule has 1 fully saturated rings. The highest BCUT2D eigenvalue weighted by Crippen LogP contribution is 2.20. The second-order valence-electron chi connectivity index (χ2n) is 3.14. The van der Waals surface area contributed by atoms with E-state index < -0.39 is 0 Å². The number of hydrogen-bond acceptors (Lipinski definition) is 3. The van der Waals surface area contributed by atoms with Gasteiger partial charge in [-0.15, -0.1) is 0 Å². The smallest absolute Gasteiger partial charge is 0.112 e. The maximum atomic E-state index is 5.56. The molecule has 1 aliphatic heterocycles. The van der Waals surface area contributed by atoms with Crippen molar-refractivity contribution in [1.29, 1.82) is 0 Å². The molecule has 0 aromatic heterocycles. The quantitative estimate of drug-likeness (QED) is 0.557. The summed E-state index contributed by atoms with van der Waals surface area (Å²) in [5.41, 5.74) is -0.00621. The van der Waals surface area contributed by atoms with Crippen molar-refractivity contribution in [3.8, 4) is 0 Å². The van der Waals surface area contributed by atoms with Crippen LogP contribution in [0.1, 0.15) is 13.3 Å². The monoisotopic (exact) mass is 160 g/mol. The summed E-state index contributed by atoms with van der Waals surface area (Å²) in [6.07, 6.45) is 0.964. The van der Waals surface area contributed by atoms with Gasteiger partial charge in [0.25, 0.3) is 0 Å². The van der Waals surface area contributed by atoms with Gasteiger partial charge < -0.3 is 14.2 Å². The lowest BCUT2D eigenvalue weighted by Gasteiger charge is -2.37. The van der Waals surface area contributed by atoms with Gasteiger partial charge in [0.1, 0.15) is 5.60 Å². The summed E-state index contributed by atoms with van der Waals surface area (Å²) in [6, 6.07) is 0. The van der Waals surface area contributed by atoms with E-state index >= 15 is 0 Å². The maximum Gasteiger partial charge on any atom is 0.112 e. The largest absolute Gasteiger partial charge is 0.385 e. The normalized spacial score (nSPS) is 21.3. The Morgan fingerprint density at radius 1 is 1.36 bits per heavy atom. The van der Waals surface area contributed by atoms with Crippen molar-refractivity contribution in [1.82, 2.24) is 0 Å². The Morgan fingerprint density at radius 2 is 2.09 bits per heavy atom. The van der Waals surface area contributed by atoms with Crippen LogP contribution in [0, 0.1) is 0 Å². The van der Waals surface area contributed by atoms with Gasteiger partial charge in [-0.25, -0.2) is 0 Å². The minimum Gasteiger partial charge on any atom is -0.385 e. The number of ether oxygens (including phenoxy) is 3. The van der Waals surface area contributed by atoms with Gasteiger partial charge >= 0.3 is 0 Å². The molecule has 0 aromatic rings. The molecular formula is C8H16O3. The van der Waals surface area contributed by atoms with Crippen LogP contribution < -0.4 is 0 Å². The van der Waals surface area contributed by atoms with Crippen molar-refractivity contribution >= 4 is 0 Å². The van der Waals surface area contributed by atoms with Gasteiger partial charge in [-0.3, -0.25) is 0 Å². The molecule has 0 saturated carbocycles. The minimum atomic E-state index is -0.00621. The first-order valence-electron chi connectivity index (χ1n) is 3.97. The van der Waals surface area contributed by atoms with Crippen LogP contribution in [0.3, 0.4) is 0 Å². The summed E-state index contributed by atoms with van der Waals surface area (Å²) in [5.74, 6) is 0. The molecule has 0 radical (unpaired) electrons. The third-order valence-corrected chi connectivity index (χ3v) is 1.76. The Labute approximate surface area is 67.6 Å². The van der Waals surface area contributed by atoms with Crippen molar-refractivity contribution in [2.75, 3.05) is 33.5 Å². The van der Waals surface area contributed by atoms with Gasteiger partial charge in [-0.2, -0.15) is 0 Å². The number of methoxy groups -OCH3 is 1. The van der Waals surface area contributed by atoms with Crippen LogP contribution in [-0.2, 0) is 14.2 Å². The SMILES string of the molecule is COCCCOC1(C)COC1. The molecule has 0 N–H and O–H groups in total. The Balaban J connectivity index is 1.94. The third kappa shape index (κ3) is 2.77. The molecule has 11 heavy (non-hydrogen) atoms. The molecule has 1 heterocycles. The lowest BCUT2D eigenvalue weighted by molar-refractivity contribution is -0.199. The molecule has 0 aromatic carbocycles. The molecule has 3 nitrogen and oxygen atoms in total. The van der Waals surface area contributed by atoms with Crippen molar-refractivity contribution in [3.63, 3.8) is 0 Å². The fourth-order valence-corrected chi connectivity index (χ4v) is 0.995. The van der Waals surface area contributed by atoms with Crippen molar-refractivity contribution in [2.24, 2.45) is 0 Å². The predicted octanol–water partition coefficient (Wildman–Crippen LogP) is 0.828. The van der Waals surface area contributed by atoms with E-state index in [1.165, 1.54) is 0 Å². The highest BCUT2D eigenvalue weighted by molar-refractivity contribution is 4.81. The Hall–Kier alpha value is -0.120. The Kier molecular flexibility index (Phi) is 3.30. The lowest BCUT2D eigenvalue weighted by Crippen LogP contribution is -2.49. The lowest BCUT2D eigenvalue weighted by atomic mass is 10.1. The van der Waals surface area contributed by atoms with Gasteiger partial charge in [-0.1, -0.05) is 0 Å². The summed E-state index contributed by atoms with van der Waals surface area (Å²) in [7, 11) is 1.70. The summed E-state index contributed by atoms with van der Waals surface area (Å²) < 4.78 is 15.5. The van der Waals surface area contributed by atoms with Crippen LogP contribution in [0.4, 0.5) is 0 Å². The van der Waals surface area contributed by atoms with Crippen LogP contribution >= 0.6 is 0 Å². The van der Waals surface area contributed by atoms with Crippen molar-refractivity contribution in [2.45, 2.75) is 18.9 Å². The Bertz CT molecular complexity index is 110. The maximum absolute atomic E-state index is 5.56. The highest BCUT2D eigenvalue weighted by Gasteiger charge is 2.33. The molecule has 0 spiro atoms. The topological polar surface area (TPSA) is 27.7 Å². The fraction of sp³-hybridized carbons (Fsp3) is 1.00. The minimum absolute atomic E-state index is 0.00621. The molecule has 66 valence electrons. The molecule has 0 amide bonds. The van der Waals surface area contributed by atoms with E-state index in [2.05, 4.69) is 6.92 Å². The van der Waals surface area contributed by atoms with Crippen LogP contribution in [0.5, 0.6) is 0 Å². The summed E-state index contributed by atoms with van der Waals surface area (Å²) in [6.45, 7) is 5.09. The molecule has 1 rings (SSSR count). The number of hydrogen-bond donors (Lipinski definition) is 0. The van der Waals surface area contributed by atoms with Gasteiger partial charge in [0.2, 0.25) is 0 Å². The van der Waals surface area contributed by atoms with Gasteiger partial charge in [0, 0.05) is 20.3 Å². The molecule has 0 bridgehead atoms. The number of rotatable bonds is 5. The zero-order valence-electron chi connectivity index (χ0n) is 7.26. The average molecular weight is 160 g/mol. The zero-order valence-corrected chi connectivity index (χ0v) is 7.26. The van der Waals surface area contributed by atoms with E-state index in [0.717, 1.165) is 32.8 Å². The molecule has 0 unspecified atom stereocenters. The second-order valence-corrected chi connectivity index (χ2v) is 3.14. The van der Waals surface area contributed by atoms with Crippen molar-refractivity contribution < 1.29 is 14.2 Å². The molecular weight excluding hydrogens is 144 g/mol. The predicted molar refractivity (Wildman–Crippen MR) is 41.7 cm³/mol. The van der Waals surface area contributed by atoms with E-state index in [1.807, 2.05) is 0 Å². The van der Waals surface area contributed by atoms with Gasteiger partial charge in [-0.05, 0) is 13.3 Å². The standard InChI is InChI=1S/C8H16O3/c1-8(6-10-7-8)11-5-3-4-9-2/h3-7H2,1-2H3. The highest BCUT2D eigenvalue weighted by atomic mass is 16.6. The van der Waals surface area contributed by atoms with Crippen LogP contribution in [0.2, 0.25) is 0 Å². The van der Waals surface area contributed by atoms with Gasteiger partial charge in [0.15, 0.2) is 0 Å². The molecule has 0 atom stereocenters. The average Bonchev–Trinajstić information content (AvgIpc) is 1.95. The second kappa shape index (κ2) is 4.04. The van der Waals surface area contributed by atoms with E-state index in [4.69, 9.17) is 14.2 Å².